The van der Waals surface area contributed by atoms with Crippen LogP contribution < -0.4 is 10.1 Å². The first-order chi connectivity index (χ1) is 12.2. The van der Waals surface area contributed by atoms with Crippen molar-refractivity contribution in [1.82, 2.24) is 0 Å². The Balaban J connectivity index is 2.13. The second kappa shape index (κ2) is 8.23. The zero-order valence-electron chi connectivity index (χ0n) is 15.5. The van der Waals surface area contributed by atoms with Crippen LogP contribution in [0.3, 0.4) is 0 Å². The third-order valence-electron chi connectivity index (χ3n) is 4.01. The van der Waals surface area contributed by atoms with Gasteiger partial charge in [-0.25, -0.2) is 4.79 Å². The lowest BCUT2D eigenvalue weighted by Crippen LogP contribution is -2.30. The van der Waals surface area contributed by atoms with Gasteiger partial charge in [0.05, 0.1) is 12.7 Å². The van der Waals surface area contributed by atoms with Crippen LogP contribution in [-0.4, -0.2) is 25.1 Å². The number of carbonyl (C=O) groups excluding carboxylic acids is 2. The van der Waals surface area contributed by atoms with Crippen molar-refractivity contribution in [3.8, 4) is 5.75 Å². The van der Waals surface area contributed by atoms with Gasteiger partial charge in [0.25, 0.3) is 5.91 Å². The highest BCUT2D eigenvalue weighted by Crippen LogP contribution is 2.26. The number of rotatable bonds is 5. The third kappa shape index (κ3) is 4.55. The van der Waals surface area contributed by atoms with Crippen molar-refractivity contribution >= 4 is 29.2 Å². The number of nitrogens with one attached hydrogen (secondary N) is 1. The Bertz CT molecular complexity index is 825. The standard InChI is InChI=1S/C20H22ClNO4/c1-11-6-7-15(20(24)25-5)10-17(11)22-19(23)14(4)26-16-8-12(2)18(21)13(3)9-16/h6-10,14H,1-5H3,(H,22,23). The highest BCUT2D eigenvalue weighted by molar-refractivity contribution is 6.32. The van der Waals surface area contributed by atoms with Crippen LogP contribution in [0.4, 0.5) is 5.69 Å². The van der Waals surface area contributed by atoms with E-state index >= 15 is 0 Å². The third-order valence-corrected chi connectivity index (χ3v) is 4.60. The van der Waals surface area contributed by atoms with E-state index in [1.54, 1.807) is 37.3 Å². The van der Waals surface area contributed by atoms with Gasteiger partial charge in [-0.1, -0.05) is 17.7 Å². The van der Waals surface area contributed by atoms with Gasteiger partial charge < -0.3 is 14.8 Å². The fourth-order valence-corrected chi connectivity index (χ4v) is 2.58. The molecule has 0 bridgehead atoms. The molecule has 0 spiro atoms. The number of ether oxygens (including phenoxy) is 2. The molecule has 0 radical (unpaired) electrons. The normalized spacial score (nSPS) is 11.6. The van der Waals surface area contributed by atoms with Crippen LogP contribution in [0.25, 0.3) is 0 Å². The summed E-state index contributed by atoms with van der Waals surface area (Å²) in [5, 5.41) is 3.48. The van der Waals surface area contributed by atoms with E-state index in [1.807, 2.05) is 20.8 Å². The number of hydrogen-bond donors (Lipinski definition) is 1. The van der Waals surface area contributed by atoms with E-state index in [-0.39, 0.29) is 5.91 Å². The predicted octanol–water partition coefficient (Wildman–Crippen LogP) is 4.46. The smallest absolute Gasteiger partial charge is 0.337 e. The summed E-state index contributed by atoms with van der Waals surface area (Å²) in [5.74, 6) is -0.204. The van der Waals surface area contributed by atoms with E-state index in [4.69, 9.17) is 21.1 Å². The van der Waals surface area contributed by atoms with Crippen LogP contribution in [0.1, 0.15) is 34.0 Å². The fourth-order valence-electron chi connectivity index (χ4n) is 2.47. The lowest BCUT2D eigenvalue weighted by Gasteiger charge is -2.17. The van der Waals surface area contributed by atoms with Crippen molar-refractivity contribution < 1.29 is 19.1 Å². The summed E-state index contributed by atoms with van der Waals surface area (Å²) < 4.78 is 10.4. The Labute approximate surface area is 158 Å². The molecule has 0 heterocycles. The van der Waals surface area contributed by atoms with Gasteiger partial charge in [0.15, 0.2) is 6.10 Å². The number of anilines is 1. The molecule has 0 aromatic heterocycles. The van der Waals surface area contributed by atoms with Crippen molar-refractivity contribution in [2.45, 2.75) is 33.8 Å². The molecule has 6 heteroatoms. The van der Waals surface area contributed by atoms with Gasteiger partial charge in [0.1, 0.15) is 5.75 Å². The predicted molar refractivity (Wildman–Crippen MR) is 102 cm³/mol. The molecule has 26 heavy (non-hydrogen) atoms. The molecular formula is C20H22ClNO4. The number of halogens is 1. The van der Waals surface area contributed by atoms with E-state index in [2.05, 4.69) is 5.32 Å². The lowest BCUT2D eigenvalue weighted by atomic mass is 10.1. The SMILES string of the molecule is COC(=O)c1ccc(C)c(NC(=O)C(C)Oc2cc(C)c(Cl)c(C)c2)c1. The highest BCUT2D eigenvalue weighted by atomic mass is 35.5. The van der Waals surface area contributed by atoms with Gasteiger partial charge in [0.2, 0.25) is 0 Å². The maximum absolute atomic E-state index is 12.5. The average molecular weight is 376 g/mol. The average Bonchev–Trinajstić information content (AvgIpc) is 2.60. The number of methoxy groups -OCH3 is 1. The van der Waals surface area contributed by atoms with E-state index in [9.17, 15) is 9.59 Å². The fraction of sp³-hybridized carbons (Fsp3) is 0.300. The van der Waals surface area contributed by atoms with Gasteiger partial charge in [-0.2, -0.15) is 0 Å². The quantitative estimate of drug-likeness (QED) is 0.784. The Morgan fingerprint density at radius 3 is 2.23 bits per heavy atom. The van der Waals surface area contributed by atoms with Crippen LogP contribution in [0, 0.1) is 20.8 Å². The van der Waals surface area contributed by atoms with Crippen molar-refractivity contribution in [2.24, 2.45) is 0 Å². The molecule has 1 N–H and O–H groups in total. The van der Waals surface area contributed by atoms with Gasteiger partial charge in [0, 0.05) is 10.7 Å². The highest BCUT2D eigenvalue weighted by Gasteiger charge is 2.18. The molecule has 2 rings (SSSR count). The first-order valence-electron chi connectivity index (χ1n) is 8.16. The maximum atomic E-state index is 12.5. The number of amides is 1. The summed E-state index contributed by atoms with van der Waals surface area (Å²) in [6, 6.07) is 8.57. The summed E-state index contributed by atoms with van der Waals surface area (Å²) in [4.78, 5) is 24.1. The molecule has 1 unspecified atom stereocenters. The van der Waals surface area contributed by atoms with Gasteiger partial charge in [-0.05, 0) is 68.7 Å². The molecule has 0 fully saturated rings. The zero-order valence-corrected chi connectivity index (χ0v) is 16.2. The van der Waals surface area contributed by atoms with Crippen molar-refractivity contribution in [2.75, 3.05) is 12.4 Å². The topological polar surface area (TPSA) is 64.6 Å². The molecule has 1 amide bonds. The molecular weight excluding hydrogens is 354 g/mol. The Hall–Kier alpha value is -2.53. The zero-order chi connectivity index (χ0) is 19.4. The van der Waals surface area contributed by atoms with Gasteiger partial charge in [-0.3, -0.25) is 4.79 Å². The minimum atomic E-state index is -0.726. The molecule has 0 saturated heterocycles. The molecule has 0 saturated carbocycles. The lowest BCUT2D eigenvalue weighted by molar-refractivity contribution is -0.122. The van der Waals surface area contributed by atoms with E-state index < -0.39 is 12.1 Å². The Morgan fingerprint density at radius 1 is 1.04 bits per heavy atom. The monoisotopic (exact) mass is 375 g/mol. The van der Waals surface area contributed by atoms with Crippen LogP contribution in [0.15, 0.2) is 30.3 Å². The summed E-state index contributed by atoms with van der Waals surface area (Å²) in [6.45, 7) is 7.27. The maximum Gasteiger partial charge on any atom is 0.337 e. The van der Waals surface area contributed by atoms with Crippen LogP contribution in [-0.2, 0) is 9.53 Å². The molecule has 0 aliphatic heterocycles. The van der Waals surface area contributed by atoms with Crippen molar-refractivity contribution in [3.63, 3.8) is 0 Å². The molecule has 0 aliphatic rings. The van der Waals surface area contributed by atoms with E-state index in [1.165, 1.54) is 7.11 Å². The van der Waals surface area contributed by atoms with Crippen molar-refractivity contribution in [3.05, 3.63) is 57.6 Å². The molecule has 1 atom stereocenters. The number of carbonyl (C=O) groups is 2. The Kier molecular flexibility index (Phi) is 6.27. The van der Waals surface area contributed by atoms with Crippen molar-refractivity contribution in [1.29, 1.82) is 0 Å². The first kappa shape index (κ1) is 19.8. The second-order valence-corrected chi connectivity index (χ2v) is 6.52. The first-order valence-corrected chi connectivity index (χ1v) is 8.54. The summed E-state index contributed by atoms with van der Waals surface area (Å²) in [6.07, 6.45) is -0.726. The molecule has 138 valence electrons. The summed E-state index contributed by atoms with van der Waals surface area (Å²) >= 11 is 6.15. The number of benzene rings is 2. The molecule has 0 aliphatic carbocycles. The van der Waals surface area contributed by atoms with Gasteiger partial charge in [-0.15, -0.1) is 0 Å². The summed E-state index contributed by atoms with van der Waals surface area (Å²) in [5.41, 5.74) is 3.51. The minimum Gasteiger partial charge on any atom is -0.481 e. The van der Waals surface area contributed by atoms with E-state index in [0.717, 1.165) is 16.7 Å². The summed E-state index contributed by atoms with van der Waals surface area (Å²) in [7, 11) is 1.31. The second-order valence-electron chi connectivity index (χ2n) is 6.14. The van der Waals surface area contributed by atoms with Crippen LogP contribution in [0.2, 0.25) is 5.02 Å². The van der Waals surface area contributed by atoms with E-state index in [0.29, 0.717) is 22.0 Å². The number of hydrogen-bond acceptors (Lipinski definition) is 4. The largest absolute Gasteiger partial charge is 0.481 e. The minimum absolute atomic E-state index is 0.319. The number of esters is 1. The molecule has 5 nitrogen and oxygen atoms in total. The van der Waals surface area contributed by atoms with Gasteiger partial charge >= 0.3 is 5.97 Å². The van der Waals surface area contributed by atoms with Crippen LogP contribution in [0.5, 0.6) is 5.75 Å². The number of aryl methyl sites for hydroxylation is 3. The molecule has 2 aromatic rings. The Morgan fingerprint density at radius 2 is 1.65 bits per heavy atom. The van der Waals surface area contributed by atoms with Crippen LogP contribution >= 0.6 is 11.6 Å². The molecule has 2 aromatic carbocycles.